The van der Waals surface area contributed by atoms with Crippen molar-refractivity contribution < 1.29 is 4.74 Å². The highest BCUT2D eigenvalue weighted by Gasteiger charge is 2.17. The summed E-state index contributed by atoms with van der Waals surface area (Å²) < 4.78 is 5.13. The maximum Gasteiger partial charge on any atom is 0.0589 e. The highest BCUT2D eigenvalue weighted by molar-refractivity contribution is 4.74. The van der Waals surface area contributed by atoms with E-state index in [9.17, 15) is 0 Å². The van der Waals surface area contributed by atoms with Crippen LogP contribution in [0.3, 0.4) is 0 Å². The van der Waals surface area contributed by atoms with Crippen LogP contribution in [0.15, 0.2) is 0 Å². The average molecular weight is 256 g/mol. The molecule has 106 valence electrons. The first-order valence-corrected chi connectivity index (χ1v) is 7.25. The van der Waals surface area contributed by atoms with Crippen LogP contribution in [0, 0.1) is 0 Å². The van der Waals surface area contributed by atoms with Crippen molar-refractivity contribution in [2.75, 3.05) is 85.7 Å². The van der Waals surface area contributed by atoms with Gasteiger partial charge in [-0.2, -0.15) is 0 Å². The summed E-state index contributed by atoms with van der Waals surface area (Å²) in [5.74, 6) is 0. The van der Waals surface area contributed by atoms with Crippen LogP contribution in [0.1, 0.15) is 0 Å². The van der Waals surface area contributed by atoms with E-state index in [1.54, 1.807) is 7.11 Å². The van der Waals surface area contributed by atoms with Crippen LogP contribution in [-0.2, 0) is 4.74 Å². The van der Waals surface area contributed by atoms with Crippen molar-refractivity contribution in [2.45, 2.75) is 0 Å². The van der Waals surface area contributed by atoms with Crippen LogP contribution in [0.5, 0.6) is 0 Å². The molecule has 0 aromatic heterocycles. The summed E-state index contributed by atoms with van der Waals surface area (Å²) >= 11 is 0. The minimum absolute atomic E-state index is 0.862. The quantitative estimate of drug-likeness (QED) is 0.669. The number of methoxy groups -OCH3 is 1. The number of hydrogen-bond donors (Lipinski definition) is 1. The van der Waals surface area contributed by atoms with Crippen molar-refractivity contribution in [2.24, 2.45) is 0 Å². The first-order chi connectivity index (χ1) is 8.88. The Balaban J connectivity index is 1.55. The van der Waals surface area contributed by atoms with E-state index in [-0.39, 0.29) is 0 Å². The Labute approximate surface area is 111 Å². The summed E-state index contributed by atoms with van der Waals surface area (Å²) in [6.07, 6.45) is 0. The fourth-order valence-corrected chi connectivity index (χ4v) is 2.67. The van der Waals surface area contributed by atoms with E-state index in [1.165, 1.54) is 52.4 Å². The zero-order valence-electron chi connectivity index (χ0n) is 11.7. The molecular weight excluding hydrogens is 228 g/mol. The van der Waals surface area contributed by atoms with Gasteiger partial charge in [0.2, 0.25) is 0 Å². The molecule has 5 nitrogen and oxygen atoms in total. The van der Waals surface area contributed by atoms with E-state index >= 15 is 0 Å². The van der Waals surface area contributed by atoms with Crippen LogP contribution in [0.4, 0.5) is 0 Å². The van der Waals surface area contributed by atoms with Gasteiger partial charge in [-0.1, -0.05) is 0 Å². The summed E-state index contributed by atoms with van der Waals surface area (Å²) in [5.41, 5.74) is 0. The van der Waals surface area contributed by atoms with Crippen molar-refractivity contribution in [3.63, 3.8) is 0 Å². The largest absolute Gasteiger partial charge is 0.383 e. The third-order valence-electron chi connectivity index (χ3n) is 4.02. The van der Waals surface area contributed by atoms with Crippen molar-refractivity contribution in [1.82, 2.24) is 20.0 Å². The first-order valence-electron chi connectivity index (χ1n) is 7.25. The van der Waals surface area contributed by atoms with Crippen molar-refractivity contribution >= 4 is 0 Å². The third kappa shape index (κ3) is 4.82. The van der Waals surface area contributed by atoms with Gasteiger partial charge in [0.05, 0.1) is 6.61 Å². The second-order valence-corrected chi connectivity index (χ2v) is 5.27. The average Bonchev–Trinajstić information content (AvgIpc) is 2.45. The van der Waals surface area contributed by atoms with E-state index in [0.29, 0.717) is 0 Å². The fraction of sp³-hybridized carbons (Fsp3) is 1.00. The fourth-order valence-electron chi connectivity index (χ4n) is 2.67. The van der Waals surface area contributed by atoms with Gasteiger partial charge in [-0.05, 0) is 0 Å². The Morgan fingerprint density at radius 3 is 1.83 bits per heavy atom. The van der Waals surface area contributed by atoms with Crippen LogP contribution in [0.25, 0.3) is 0 Å². The van der Waals surface area contributed by atoms with E-state index in [4.69, 9.17) is 4.74 Å². The Kier molecular flexibility index (Phi) is 6.37. The Hall–Kier alpha value is -0.200. The van der Waals surface area contributed by atoms with Gasteiger partial charge >= 0.3 is 0 Å². The summed E-state index contributed by atoms with van der Waals surface area (Å²) in [6.45, 7) is 14.0. The van der Waals surface area contributed by atoms with Gasteiger partial charge in [0.15, 0.2) is 0 Å². The predicted molar refractivity (Wildman–Crippen MR) is 74.1 cm³/mol. The normalized spacial score (nSPS) is 24.5. The molecule has 18 heavy (non-hydrogen) atoms. The molecule has 0 spiro atoms. The molecule has 2 saturated heterocycles. The molecule has 0 radical (unpaired) electrons. The third-order valence-corrected chi connectivity index (χ3v) is 4.02. The molecule has 0 unspecified atom stereocenters. The molecule has 0 bridgehead atoms. The maximum absolute atomic E-state index is 5.13. The zero-order valence-corrected chi connectivity index (χ0v) is 11.7. The Morgan fingerprint density at radius 1 is 0.778 bits per heavy atom. The van der Waals surface area contributed by atoms with Crippen LogP contribution in [0.2, 0.25) is 0 Å². The minimum atomic E-state index is 0.862. The molecule has 5 heteroatoms. The number of piperazine rings is 2. The summed E-state index contributed by atoms with van der Waals surface area (Å²) in [7, 11) is 1.78. The molecule has 2 rings (SSSR count). The topological polar surface area (TPSA) is 31.0 Å². The number of rotatable bonds is 6. The lowest BCUT2D eigenvalue weighted by atomic mass is 10.3. The first kappa shape index (κ1) is 14.2. The summed E-state index contributed by atoms with van der Waals surface area (Å²) in [5, 5.41) is 3.40. The lowest BCUT2D eigenvalue weighted by Gasteiger charge is -2.36. The molecule has 2 fully saturated rings. The lowest BCUT2D eigenvalue weighted by Crippen LogP contribution is -2.51. The van der Waals surface area contributed by atoms with Crippen molar-refractivity contribution in [1.29, 1.82) is 0 Å². The van der Waals surface area contributed by atoms with Gasteiger partial charge in [0, 0.05) is 79.1 Å². The van der Waals surface area contributed by atoms with Crippen molar-refractivity contribution in [3.05, 3.63) is 0 Å². The van der Waals surface area contributed by atoms with E-state index in [2.05, 4.69) is 20.0 Å². The molecule has 2 heterocycles. The van der Waals surface area contributed by atoms with Crippen LogP contribution in [-0.4, -0.2) is 100 Å². The monoisotopic (exact) mass is 256 g/mol. The van der Waals surface area contributed by atoms with Crippen molar-refractivity contribution in [3.8, 4) is 0 Å². The molecule has 0 amide bonds. The molecule has 0 aromatic rings. The van der Waals surface area contributed by atoms with Gasteiger partial charge in [0.25, 0.3) is 0 Å². The van der Waals surface area contributed by atoms with Crippen LogP contribution >= 0.6 is 0 Å². The molecular formula is C13H28N4O. The second-order valence-electron chi connectivity index (χ2n) is 5.27. The molecule has 2 aliphatic rings. The Morgan fingerprint density at radius 2 is 1.28 bits per heavy atom. The van der Waals surface area contributed by atoms with Gasteiger partial charge in [-0.25, -0.2) is 0 Å². The molecule has 1 N–H and O–H groups in total. The number of nitrogens with zero attached hydrogens (tertiary/aromatic N) is 3. The smallest absolute Gasteiger partial charge is 0.0589 e. The van der Waals surface area contributed by atoms with Crippen LogP contribution < -0.4 is 5.32 Å². The Bertz CT molecular complexity index is 213. The number of nitrogens with one attached hydrogen (secondary N) is 1. The molecule has 0 aliphatic carbocycles. The zero-order chi connectivity index (χ0) is 12.6. The van der Waals surface area contributed by atoms with Gasteiger partial charge < -0.3 is 10.1 Å². The van der Waals surface area contributed by atoms with E-state index in [0.717, 1.165) is 26.2 Å². The number of hydrogen-bond acceptors (Lipinski definition) is 5. The minimum Gasteiger partial charge on any atom is -0.383 e. The summed E-state index contributed by atoms with van der Waals surface area (Å²) in [6, 6.07) is 0. The standard InChI is InChI=1S/C13H28N4O/c1-18-13-12-17-10-8-16(9-11-17)7-6-15-4-2-14-3-5-15/h14H,2-13H2,1H3. The lowest BCUT2D eigenvalue weighted by molar-refractivity contribution is 0.0893. The summed E-state index contributed by atoms with van der Waals surface area (Å²) in [4.78, 5) is 7.68. The van der Waals surface area contributed by atoms with Gasteiger partial charge in [-0.3, -0.25) is 14.7 Å². The van der Waals surface area contributed by atoms with E-state index < -0.39 is 0 Å². The van der Waals surface area contributed by atoms with Gasteiger partial charge in [-0.15, -0.1) is 0 Å². The molecule has 0 saturated carbocycles. The van der Waals surface area contributed by atoms with Gasteiger partial charge in [0.1, 0.15) is 0 Å². The highest BCUT2D eigenvalue weighted by atomic mass is 16.5. The molecule has 2 aliphatic heterocycles. The number of ether oxygens (including phenoxy) is 1. The highest BCUT2D eigenvalue weighted by Crippen LogP contribution is 2.02. The second kappa shape index (κ2) is 8.07. The predicted octanol–water partition coefficient (Wildman–Crippen LogP) is -0.844. The van der Waals surface area contributed by atoms with E-state index in [1.807, 2.05) is 0 Å². The maximum atomic E-state index is 5.13. The molecule has 0 atom stereocenters. The molecule has 0 aromatic carbocycles. The SMILES string of the molecule is COCCN1CCN(CCN2CCNCC2)CC1.